The van der Waals surface area contributed by atoms with Crippen LogP contribution in [-0.2, 0) is 0 Å². The van der Waals surface area contributed by atoms with Gasteiger partial charge in [-0.15, -0.1) is 0 Å². The van der Waals surface area contributed by atoms with Crippen LogP contribution < -0.4 is 5.73 Å². The van der Waals surface area contributed by atoms with Gasteiger partial charge in [-0.1, -0.05) is 0 Å². The molecule has 0 atom stereocenters. The van der Waals surface area contributed by atoms with E-state index in [1.165, 1.54) is 12.4 Å². The van der Waals surface area contributed by atoms with Gasteiger partial charge < -0.3 is 15.7 Å². The smallest absolute Gasteiger partial charge is 0.274 e. The molecule has 2 heterocycles. The molecule has 0 aliphatic carbocycles. The molecule has 1 fully saturated rings. The fourth-order valence-electron chi connectivity index (χ4n) is 1.84. The van der Waals surface area contributed by atoms with Gasteiger partial charge >= 0.3 is 0 Å². The molecule has 0 spiro atoms. The van der Waals surface area contributed by atoms with Crippen LogP contribution in [0.25, 0.3) is 0 Å². The predicted molar refractivity (Wildman–Crippen MR) is 62.2 cm³/mol. The molecular weight excluding hydrogens is 220 g/mol. The summed E-state index contributed by atoms with van der Waals surface area (Å²) < 4.78 is 0. The van der Waals surface area contributed by atoms with Crippen LogP contribution in [0.2, 0.25) is 0 Å². The van der Waals surface area contributed by atoms with Gasteiger partial charge in [0.05, 0.1) is 18.0 Å². The van der Waals surface area contributed by atoms with Gasteiger partial charge in [-0.3, -0.25) is 9.78 Å². The molecule has 1 aliphatic rings. The van der Waals surface area contributed by atoms with E-state index in [9.17, 15) is 9.90 Å². The monoisotopic (exact) mass is 236 g/mol. The fraction of sp³-hybridized carbons (Fsp3) is 0.545. The SMILES string of the molecule is CC1(O)CCN(C(=O)c2cncc(N)n2)CC1. The van der Waals surface area contributed by atoms with Crippen LogP contribution in [0.3, 0.4) is 0 Å². The van der Waals surface area contributed by atoms with Crippen molar-refractivity contribution in [3.63, 3.8) is 0 Å². The number of nitrogen functional groups attached to an aromatic ring is 1. The van der Waals surface area contributed by atoms with Crippen LogP contribution in [-0.4, -0.2) is 44.6 Å². The number of rotatable bonds is 1. The number of nitrogens with zero attached hydrogens (tertiary/aromatic N) is 3. The van der Waals surface area contributed by atoms with Crippen molar-refractivity contribution in [2.24, 2.45) is 0 Å². The van der Waals surface area contributed by atoms with E-state index in [4.69, 9.17) is 5.73 Å². The number of hydrogen-bond acceptors (Lipinski definition) is 5. The summed E-state index contributed by atoms with van der Waals surface area (Å²) in [4.78, 5) is 21.5. The first-order valence-corrected chi connectivity index (χ1v) is 5.57. The lowest BCUT2D eigenvalue weighted by molar-refractivity contribution is -0.00220. The number of carbonyl (C=O) groups excluding carboxylic acids is 1. The number of aromatic nitrogens is 2. The first kappa shape index (κ1) is 11.8. The highest BCUT2D eigenvalue weighted by Crippen LogP contribution is 2.22. The van der Waals surface area contributed by atoms with Crippen molar-refractivity contribution in [1.82, 2.24) is 14.9 Å². The molecule has 1 amide bonds. The Morgan fingerprint density at radius 2 is 2.12 bits per heavy atom. The number of anilines is 1. The van der Waals surface area contributed by atoms with Crippen molar-refractivity contribution in [2.75, 3.05) is 18.8 Å². The number of likely N-dealkylation sites (tertiary alicyclic amines) is 1. The third-order valence-corrected chi connectivity index (χ3v) is 3.00. The standard InChI is InChI=1S/C11H16N4O2/c1-11(17)2-4-15(5-3-11)10(16)8-6-13-7-9(12)14-8/h6-7,17H,2-5H2,1H3,(H2,12,14). The summed E-state index contributed by atoms with van der Waals surface area (Å²) in [7, 11) is 0. The molecule has 92 valence electrons. The van der Waals surface area contributed by atoms with Gasteiger partial charge in [-0.25, -0.2) is 4.98 Å². The van der Waals surface area contributed by atoms with E-state index in [1.807, 2.05) is 0 Å². The van der Waals surface area contributed by atoms with Gasteiger partial charge in [0.2, 0.25) is 0 Å². The van der Waals surface area contributed by atoms with E-state index < -0.39 is 5.60 Å². The van der Waals surface area contributed by atoms with Gasteiger partial charge in [0.15, 0.2) is 0 Å². The number of nitrogens with two attached hydrogens (primary N) is 1. The quantitative estimate of drug-likeness (QED) is 0.718. The highest BCUT2D eigenvalue weighted by atomic mass is 16.3. The van der Waals surface area contributed by atoms with Crippen LogP contribution in [0.5, 0.6) is 0 Å². The maximum absolute atomic E-state index is 12.0. The molecule has 0 aromatic carbocycles. The molecule has 6 nitrogen and oxygen atoms in total. The van der Waals surface area contributed by atoms with Crippen molar-refractivity contribution in [2.45, 2.75) is 25.4 Å². The van der Waals surface area contributed by atoms with Crippen molar-refractivity contribution in [3.8, 4) is 0 Å². The van der Waals surface area contributed by atoms with Crippen molar-refractivity contribution >= 4 is 11.7 Å². The summed E-state index contributed by atoms with van der Waals surface area (Å²) in [5.41, 5.74) is 5.07. The maximum atomic E-state index is 12.0. The Morgan fingerprint density at radius 1 is 1.47 bits per heavy atom. The number of carbonyl (C=O) groups is 1. The highest BCUT2D eigenvalue weighted by Gasteiger charge is 2.30. The zero-order valence-corrected chi connectivity index (χ0v) is 9.76. The summed E-state index contributed by atoms with van der Waals surface area (Å²) in [6.45, 7) is 2.85. The van der Waals surface area contributed by atoms with Crippen LogP contribution in [0, 0.1) is 0 Å². The molecule has 17 heavy (non-hydrogen) atoms. The third kappa shape index (κ3) is 2.71. The zero-order chi connectivity index (χ0) is 12.5. The third-order valence-electron chi connectivity index (χ3n) is 3.00. The Kier molecular flexibility index (Phi) is 2.97. The minimum absolute atomic E-state index is 0.180. The Labute approximate surface area is 99.5 Å². The average molecular weight is 236 g/mol. The molecular formula is C11H16N4O2. The second kappa shape index (κ2) is 4.29. The summed E-state index contributed by atoms with van der Waals surface area (Å²) in [6.07, 6.45) is 3.96. The van der Waals surface area contributed by atoms with Crippen LogP contribution in [0.1, 0.15) is 30.3 Å². The summed E-state index contributed by atoms with van der Waals surface area (Å²) in [5, 5.41) is 9.80. The molecule has 1 saturated heterocycles. The number of aliphatic hydroxyl groups is 1. The van der Waals surface area contributed by atoms with Crippen molar-refractivity contribution < 1.29 is 9.90 Å². The summed E-state index contributed by atoms with van der Waals surface area (Å²) in [5.74, 6) is 0.0557. The molecule has 3 N–H and O–H groups in total. The van der Waals surface area contributed by atoms with Gasteiger partial charge in [0.1, 0.15) is 11.5 Å². The van der Waals surface area contributed by atoms with E-state index in [2.05, 4.69) is 9.97 Å². The molecule has 0 radical (unpaired) electrons. The Hall–Kier alpha value is -1.69. The van der Waals surface area contributed by atoms with Crippen LogP contribution in [0.4, 0.5) is 5.82 Å². The number of hydrogen-bond donors (Lipinski definition) is 2. The Balaban J connectivity index is 2.07. The van der Waals surface area contributed by atoms with Gasteiger partial charge in [-0.2, -0.15) is 0 Å². The highest BCUT2D eigenvalue weighted by molar-refractivity contribution is 5.92. The second-order valence-electron chi connectivity index (χ2n) is 4.62. The normalized spacial score (nSPS) is 19.1. The second-order valence-corrected chi connectivity index (χ2v) is 4.62. The summed E-state index contributed by atoms with van der Waals surface area (Å²) >= 11 is 0. The first-order chi connectivity index (χ1) is 7.98. The molecule has 0 unspecified atom stereocenters. The van der Waals surface area contributed by atoms with E-state index in [1.54, 1.807) is 11.8 Å². The van der Waals surface area contributed by atoms with E-state index in [-0.39, 0.29) is 17.4 Å². The molecule has 2 rings (SSSR count). The minimum atomic E-state index is -0.668. The lowest BCUT2D eigenvalue weighted by Crippen LogP contribution is -2.45. The topological polar surface area (TPSA) is 92.3 Å². The van der Waals surface area contributed by atoms with Gasteiger partial charge in [0, 0.05) is 13.1 Å². The molecule has 1 aliphatic heterocycles. The van der Waals surface area contributed by atoms with Crippen LogP contribution >= 0.6 is 0 Å². The molecule has 1 aromatic rings. The Morgan fingerprint density at radius 3 is 2.71 bits per heavy atom. The molecule has 6 heteroatoms. The lowest BCUT2D eigenvalue weighted by Gasteiger charge is -2.35. The molecule has 0 saturated carbocycles. The van der Waals surface area contributed by atoms with E-state index in [0.29, 0.717) is 25.9 Å². The fourth-order valence-corrected chi connectivity index (χ4v) is 1.84. The largest absolute Gasteiger partial charge is 0.390 e. The number of piperidine rings is 1. The number of amides is 1. The van der Waals surface area contributed by atoms with Gasteiger partial charge in [-0.05, 0) is 19.8 Å². The van der Waals surface area contributed by atoms with E-state index >= 15 is 0 Å². The molecule has 1 aromatic heterocycles. The first-order valence-electron chi connectivity index (χ1n) is 5.57. The van der Waals surface area contributed by atoms with E-state index in [0.717, 1.165) is 0 Å². The van der Waals surface area contributed by atoms with Crippen molar-refractivity contribution in [3.05, 3.63) is 18.1 Å². The average Bonchev–Trinajstić information content (AvgIpc) is 2.28. The predicted octanol–water partition coefficient (Wildman–Crippen LogP) is 0.0458. The Bertz CT molecular complexity index is 423. The van der Waals surface area contributed by atoms with Crippen molar-refractivity contribution in [1.29, 1.82) is 0 Å². The molecule has 0 bridgehead atoms. The van der Waals surface area contributed by atoms with Crippen LogP contribution in [0.15, 0.2) is 12.4 Å². The van der Waals surface area contributed by atoms with Gasteiger partial charge in [0.25, 0.3) is 5.91 Å². The maximum Gasteiger partial charge on any atom is 0.274 e. The zero-order valence-electron chi connectivity index (χ0n) is 9.76. The minimum Gasteiger partial charge on any atom is -0.390 e. The summed E-state index contributed by atoms with van der Waals surface area (Å²) in [6, 6.07) is 0. The lowest BCUT2D eigenvalue weighted by atomic mass is 9.94.